The Kier molecular flexibility index (Phi) is 2.63. The van der Waals surface area contributed by atoms with Crippen LogP contribution in [0.5, 0.6) is 0 Å². The van der Waals surface area contributed by atoms with Crippen LogP contribution in [0, 0.1) is 5.92 Å². The van der Waals surface area contributed by atoms with E-state index < -0.39 is 0 Å². The highest BCUT2D eigenvalue weighted by molar-refractivity contribution is 6.00. The molecule has 0 N–H and O–H groups in total. The van der Waals surface area contributed by atoms with Crippen LogP contribution in [-0.4, -0.2) is 18.9 Å². The number of carbonyl (C=O) groups excluding carboxylic acids is 2. The van der Waals surface area contributed by atoms with Crippen molar-refractivity contribution >= 4 is 11.8 Å². The fourth-order valence-corrected chi connectivity index (χ4v) is 1.28. The van der Waals surface area contributed by atoms with E-state index in [0.29, 0.717) is 12.0 Å². The smallest absolute Gasteiger partial charge is 0.334 e. The second-order valence-electron chi connectivity index (χ2n) is 3.00. The average Bonchev–Trinajstić information content (AvgIpc) is 2.08. The summed E-state index contributed by atoms with van der Waals surface area (Å²) in [5.41, 5.74) is 0.508. The summed E-state index contributed by atoms with van der Waals surface area (Å²) in [7, 11) is 1.33. The van der Waals surface area contributed by atoms with Crippen molar-refractivity contribution in [3.63, 3.8) is 0 Å². The maximum atomic E-state index is 11.1. The van der Waals surface area contributed by atoms with E-state index in [9.17, 15) is 9.59 Å². The van der Waals surface area contributed by atoms with Gasteiger partial charge in [0, 0.05) is 12.0 Å². The van der Waals surface area contributed by atoms with Crippen molar-refractivity contribution in [2.24, 2.45) is 5.92 Å². The van der Waals surface area contributed by atoms with Crippen LogP contribution in [0.1, 0.15) is 19.8 Å². The zero-order valence-electron chi connectivity index (χ0n) is 7.29. The second kappa shape index (κ2) is 3.52. The summed E-state index contributed by atoms with van der Waals surface area (Å²) in [4.78, 5) is 22.0. The number of rotatable bonds is 1. The van der Waals surface area contributed by atoms with Crippen LogP contribution in [0.4, 0.5) is 0 Å². The molecule has 0 fully saturated rings. The van der Waals surface area contributed by atoms with Crippen LogP contribution >= 0.6 is 0 Å². The van der Waals surface area contributed by atoms with Crippen molar-refractivity contribution in [2.75, 3.05) is 7.11 Å². The lowest BCUT2D eigenvalue weighted by molar-refractivity contribution is -0.137. The van der Waals surface area contributed by atoms with E-state index in [1.165, 1.54) is 13.2 Å². The summed E-state index contributed by atoms with van der Waals surface area (Å²) in [6.45, 7) is 1.93. The van der Waals surface area contributed by atoms with Crippen LogP contribution in [0.15, 0.2) is 11.6 Å². The quantitative estimate of drug-likeness (QED) is 0.550. The molecule has 1 aliphatic rings. The number of esters is 1. The lowest BCUT2D eigenvalue weighted by Crippen LogP contribution is -2.18. The molecule has 0 aromatic heterocycles. The maximum Gasteiger partial charge on any atom is 0.334 e. The minimum atomic E-state index is -0.379. The number of ketones is 1. The van der Waals surface area contributed by atoms with Gasteiger partial charge in [-0.05, 0) is 18.4 Å². The van der Waals surface area contributed by atoms with Crippen molar-refractivity contribution in [3.8, 4) is 0 Å². The second-order valence-corrected chi connectivity index (χ2v) is 3.00. The molecule has 1 unspecified atom stereocenters. The normalized spacial score (nSPS) is 23.3. The molecule has 1 aliphatic carbocycles. The Morgan fingerprint density at radius 3 is 2.92 bits per heavy atom. The molecule has 12 heavy (non-hydrogen) atoms. The van der Waals surface area contributed by atoms with E-state index >= 15 is 0 Å². The molecule has 0 heterocycles. The van der Waals surface area contributed by atoms with Gasteiger partial charge in [0.2, 0.25) is 0 Å². The number of hydrogen-bond donors (Lipinski definition) is 0. The van der Waals surface area contributed by atoms with E-state index in [1.807, 2.05) is 6.92 Å². The fraction of sp³-hybridized carbons (Fsp3) is 0.556. The molecule has 0 saturated carbocycles. The zero-order valence-corrected chi connectivity index (χ0v) is 7.29. The average molecular weight is 168 g/mol. The molecule has 0 aliphatic heterocycles. The van der Waals surface area contributed by atoms with E-state index in [4.69, 9.17) is 0 Å². The molecule has 66 valence electrons. The van der Waals surface area contributed by atoms with E-state index in [1.54, 1.807) is 0 Å². The highest BCUT2D eigenvalue weighted by Crippen LogP contribution is 2.22. The molecule has 0 saturated heterocycles. The van der Waals surface area contributed by atoms with Gasteiger partial charge < -0.3 is 4.74 Å². The van der Waals surface area contributed by atoms with E-state index in [-0.39, 0.29) is 17.7 Å². The summed E-state index contributed by atoms with van der Waals surface area (Å²) in [6, 6.07) is 0. The first-order valence-corrected chi connectivity index (χ1v) is 3.98. The molecule has 1 rings (SSSR count). The van der Waals surface area contributed by atoms with Crippen LogP contribution in [0.25, 0.3) is 0 Å². The molecule has 0 radical (unpaired) electrons. The van der Waals surface area contributed by atoms with Gasteiger partial charge in [0.25, 0.3) is 0 Å². The minimum absolute atomic E-state index is 0.0218. The first kappa shape index (κ1) is 8.97. The van der Waals surface area contributed by atoms with Gasteiger partial charge in [0.05, 0.1) is 7.11 Å². The molecule has 0 spiro atoms. The van der Waals surface area contributed by atoms with Gasteiger partial charge in [-0.2, -0.15) is 0 Å². The van der Waals surface area contributed by atoms with Crippen molar-refractivity contribution in [3.05, 3.63) is 11.6 Å². The summed E-state index contributed by atoms with van der Waals surface area (Å²) in [5.74, 6) is -0.209. The minimum Gasteiger partial charge on any atom is -0.466 e. The highest BCUT2D eigenvalue weighted by Gasteiger charge is 2.23. The van der Waals surface area contributed by atoms with Crippen molar-refractivity contribution in [1.29, 1.82) is 0 Å². The fourth-order valence-electron chi connectivity index (χ4n) is 1.28. The molecule has 1 atom stereocenters. The van der Waals surface area contributed by atoms with Crippen LogP contribution in [0.2, 0.25) is 0 Å². The molecule has 0 amide bonds. The van der Waals surface area contributed by atoms with Crippen molar-refractivity contribution in [2.45, 2.75) is 19.8 Å². The Morgan fingerprint density at radius 1 is 1.67 bits per heavy atom. The van der Waals surface area contributed by atoms with Gasteiger partial charge in [-0.3, -0.25) is 4.79 Å². The molecule has 0 bridgehead atoms. The summed E-state index contributed by atoms with van der Waals surface area (Å²) in [6.07, 6.45) is 2.70. The van der Waals surface area contributed by atoms with Crippen LogP contribution < -0.4 is 0 Å². The SMILES string of the molecule is COC(=O)C1=CC(=O)CCC1C. The third kappa shape index (κ3) is 1.72. The standard InChI is InChI=1S/C9H12O3/c1-6-3-4-7(10)5-8(6)9(11)12-2/h5-6H,3-4H2,1-2H3. The van der Waals surface area contributed by atoms with Gasteiger partial charge in [0.1, 0.15) is 0 Å². The van der Waals surface area contributed by atoms with E-state index in [2.05, 4.69) is 4.74 Å². The van der Waals surface area contributed by atoms with Gasteiger partial charge >= 0.3 is 5.97 Å². The van der Waals surface area contributed by atoms with Gasteiger partial charge in [-0.1, -0.05) is 6.92 Å². The summed E-state index contributed by atoms with van der Waals surface area (Å²) in [5, 5.41) is 0. The van der Waals surface area contributed by atoms with Gasteiger partial charge in [-0.15, -0.1) is 0 Å². The predicted molar refractivity (Wildman–Crippen MR) is 43.5 cm³/mol. The molecule has 0 aromatic rings. The first-order valence-electron chi connectivity index (χ1n) is 3.98. The number of ether oxygens (including phenoxy) is 1. The molecule has 0 aromatic carbocycles. The molecule has 3 nitrogen and oxygen atoms in total. The molecular weight excluding hydrogens is 156 g/mol. The largest absolute Gasteiger partial charge is 0.466 e. The van der Waals surface area contributed by atoms with E-state index in [0.717, 1.165) is 6.42 Å². The predicted octanol–water partition coefficient (Wildman–Crippen LogP) is 1.08. The number of hydrogen-bond acceptors (Lipinski definition) is 3. The monoisotopic (exact) mass is 168 g/mol. The first-order chi connectivity index (χ1) is 5.65. The van der Waals surface area contributed by atoms with Gasteiger partial charge in [-0.25, -0.2) is 4.79 Å². The number of allylic oxidation sites excluding steroid dienone is 1. The number of carbonyl (C=O) groups is 2. The molecule has 3 heteroatoms. The highest BCUT2D eigenvalue weighted by atomic mass is 16.5. The van der Waals surface area contributed by atoms with Crippen molar-refractivity contribution in [1.82, 2.24) is 0 Å². The third-order valence-corrected chi connectivity index (χ3v) is 2.09. The number of methoxy groups -OCH3 is 1. The van der Waals surface area contributed by atoms with Gasteiger partial charge in [0.15, 0.2) is 5.78 Å². The Bertz CT molecular complexity index is 240. The Balaban J connectivity index is 2.84. The maximum absolute atomic E-state index is 11.1. The topological polar surface area (TPSA) is 43.4 Å². The Morgan fingerprint density at radius 2 is 2.33 bits per heavy atom. The Labute approximate surface area is 71.4 Å². The van der Waals surface area contributed by atoms with Crippen LogP contribution in [0.3, 0.4) is 0 Å². The van der Waals surface area contributed by atoms with Crippen molar-refractivity contribution < 1.29 is 14.3 Å². The van der Waals surface area contributed by atoms with Crippen LogP contribution in [-0.2, 0) is 14.3 Å². The Hall–Kier alpha value is -1.12. The lowest BCUT2D eigenvalue weighted by Gasteiger charge is -2.17. The lowest BCUT2D eigenvalue weighted by atomic mass is 9.89. The summed E-state index contributed by atoms with van der Waals surface area (Å²) >= 11 is 0. The molecular formula is C9H12O3. The zero-order chi connectivity index (χ0) is 9.14. The summed E-state index contributed by atoms with van der Waals surface area (Å²) < 4.78 is 4.55. The third-order valence-electron chi connectivity index (χ3n) is 2.09.